The minimum absolute atomic E-state index is 0.204. The number of ether oxygens (including phenoxy) is 3. The fraction of sp³-hybridized carbons (Fsp3) is 0.423. The lowest BCUT2D eigenvalue weighted by atomic mass is 9.96. The lowest BCUT2D eigenvalue weighted by Gasteiger charge is -2.22. The number of nitrogens with one attached hydrogen (secondary N) is 3. The number of rotatable bonds is 15. The van der Waals surface area contributed by atoms with Gasteiger partial charge in [0, 0.05) is 25.8 Å². The first-order chi connectivity index (χ1) is 17.4. The van der Waals surface area contributed by atoms with Crippen LogP contribution in [0.1, 0.15) is 31.2 Å². The Bertz CT molecular complexity index is 965. The predicted octanol–water partition coefficient (Wildman–Crippen LogP) is 2.24. The molecule has 0 fully saturated rings. The molecule has 2 atom stereocenters. The van der Waals surface area contributed by atoms with Crippen molar-refractivity contribution in [1.82, 2.24) is 16.1 Å². The molecule has 196 valence electrons. The van der Waals surface area contributed by atoms with Crippen molar-refractivity contribution in [3.05, 3.63) is 54.1 Å². The Kier molecular flexibility index (Phi) is 12.1. The molecule has 0 aromatic heterocycles. The normalized spacial score (nSPS) is 12.1. The van der Waals surface area contributed by atoms with Gasteiger partial charge < -0.3 is 24.8 Å². The van der Waals surface area contributed by atoms with Crippen LogP contribution < -0.4 is 30.3 Å². The Labute approximate surface area is 211 Å². The fourth-order valence-corrected chi connectivity index (χ4v) is 3.62. The number of likely N-dealkylation sites (N-methyl/N-ethyl adjacent to an activating group) is 1. The molecule has 0 bridgehead atoms. The number of methoxy groups -OCH3 is 2. The molecular weight excluding hydrogens is 466 g/mol. The molecule has 3 amide bonds. The van der Waals surface area contributed by atoms with Crippen molar-refractivity contribution in [1.29, 1.82) is 0 Å². The van der Waals surface area contributed by atoms with E-state index in [1.807, 2.05) is 24.3 Å². The summed E-state index contributed by atoms with van der Waals surface area (Å²) < 4.78 is 16.0. The van der Waals surface area contributed by atoms with E-state index in [-0.39, 0.29) is 18.7 Å². The number of carbonyl (C=O) groups excluding carboxylic acids is 3. The van der Waals surface area contributed by atoms with Gasteiger partial charge in [-0.25, -0.2) is 5.48 Å². The first-order valence-electron chi connectivity index (χ1n) is 11.7. The molecule has 0 heterocycles. The number of amides is 3. The van der Waals surface area contributed by atoms with Crippen molar-refractivity contribution >= 4 is 17.7 Å². The Hall–Kier alpha value is -3.79. The zero-order valence-electron chi connectivity index (χ0n) is 20.9. The average Bonchev–Trinajstić information content (AvgIpc) is 2.91. The molecule has 2 aromatic carbocycles. The zero-order chi connectivity index (χ0) is 26.3. The van der Waals surface area contributed by atoms with Gasteiger partial charge in [0.1, 0.15) is 23.3 Å². The molecule has 0 aliphatic heterocycles. The standard InChI is InChI=1S/C26H35N3O7/c1-27-26(32)23(16-18-7-9-20(34-2)10-8-18)28-25(31)19(17-24(30)29-33)6-4-5-15-36-22-13-11-21(35-3)12-14-22/h7-14,19,23,33H,4-6,15-17H2,1-3H3,(H,27,32)(H,28,31)(H,29,30)/t19-,23+/m1/s1. The molecule has 0 spiro atoms. The molecular formula is C26H35N3O7. The minimum Gasteiger partial charge on any atom is -0.497 e. The molecule has 0 unspecified atom stereocenters. The number of benzene rings is 2. The van der Waals surface area contributed by atoms with Crippen LogP contribution in [0.2, 0.25) is 0 Å². The van der Waals surface area contributed by atoms with Crippen molar-refractivity contribution < 1.29 is 33.8 Å². The Morgan fingerprint density at radius 1 is 0.861 bits per heavy atom. The molecule has 36 heavy (non-hydrogen) atoms. The number of hydrogen-bond donors (Lipinski definition) is 4. The smallest absolute Gasteiger partial charge is 0.244 e. The van der Waals surface area contributed by atoms with Gasteiger partial charge in [0.05, 0.1) is 20.8 Å². The van der Waals surface area contributed by atoms with E-state index in [2.05, 4.69) is 10.6 Å². The number of hydroxylamine groups is 1. The molecule has 0 aliphatic carbocycles. The second-order valence-electron chi connectivity index (χ2n) is 8.18. The molecule has 10 heteroatoms. The van der Waals surface area contributed by atoms with Crippen molar-refractivity contribution in [2.45, 2.75) is 38.1 Å². The third-order valence-corrected chi connectivity index (χ3v) is 5.68. The summed E-state index contributed by atoms with van der Waals surface area (Å²) in [5, 5.41) is 14.3. The van der Waals surface area contributed by atoms with Gasteiger partial charge in [-0.3, -0.25) is 19.6 Å². The summed E-state index contributed by atoms with van der Waals surface area (Å²) in [6.07, 6.45) is 1.71. The summed E-state index contributed by atoms with van der Waals surface area (Å²) in [6, 6.07) is 13.6. The summed E-state index contributed by atoms with van der Waals surface area (Å²) >= 11 is 0. The Balaban J connectivity index is 1.94. The van der Waals surface area contributed by atoms with E-state index in [9.17, 15) is 14.4 Å². The minimum atomic E-state index is -0.825. The van der Waals surface area contributed by atoms with Crippen molar-refractivity contribution in [3.63, 3.8) is 0 Å². The summed E-state index contributed by atoms with van der Waals surface area (Å²) in [6.45, 7) is 0.436. The monoisotopic (exact) mass is 501 g/mol. The van der Waals surface area contributed by atoms with E-state index >= 15 is 0 Å². The van der Waals surface area contributed by atoms with Gasteiger partial charge in [-0.05, 0) is 61.2 Å². The predicted molar refractivity (Wildman–Crippen MR) is 133 cm³/mol. The highest BCUT2D eigenvalue weighted by molar-refractivity contribution is 5.90. The summed E-state index contributed by atoms with van der Waals surface area (Å²) in [7, 11) is 4.65. The first kappa shape index (κ1) is 28.4. The van der Waals surface area contributed by atoms with Crippen LogP contribution in [-0.4, -0.2) is 56.8 Å². The van der Waals surface area contributed by atoms with Crippen LogP contribution in [0.5, 0.6) is 17.2 Å². The SMILES string of the molecule is CNC(=O)[C@H](Cc1ccc(OC)cc1)NC(=O)[C@H](CCCCOc1ccc(OC)cc1)CC(=O)NO. The molecule has 10 nitrogen and oxygen atoms in total. The second-order valence-corrected chi connectivity index (χ2v) is 8.18. The van der Waals surface area contributed by atoms with Gasteiger partial charge in [-0.15, -0.1) is 0 Å². The van der Waals surface area contributed by atoms with Crippen LogP contribution in [0.4, 0.5) is 0 Å². The Morgan fingerprint density at radius 3 is 2.00 bits per heavy atom. The van der Waals surface area contributed by atoms with Crippen LogP contribution in [0, 0.1) is 5.92 Å². The summed E-state index contributed by atoms with van der Waals surface area (Å²) in [5.74, 6) is -0.0471. The van der Waals surface area contributed by atoms with Crippen LogP contribution >= 0.6 is 0 Å². The van der Waals surface area contributed by atoms with Gasteiger partial charge in [0.15, 0.2) is 0 Å². The molecule has 0 saturated carbocycles. The quantitative estimate of drug-likeness (QED) is 0.167. The van der Waals surface area contributed by atoms with Crippen molar-refractivity contribution in [3.8, 4) is 17.2 Å². The molecule has 0 aliphatic rings. The van der Waals surface area contributed by atoms with Crippen molar-refractivity contribution in [2.75, 3.05) is 27.9 Å². The average molecular weight is 502 g/mol. The van der Waals surface area contributed by atoms with Gasteiger partial charge in [0.25, 0.3) is 0 Å². The fourth-order valence-electron chi connectivity index (χ4n) is 3.62. The highest BCUT2D eigenvalue weighted by Gasteiger charge is 2.27. The highest BCUT2D eigenvalue weighted by Crippen LogP contribution is 2.19. The van der Waals surface area contributed by atoms with Crippen LogP contribution in [-0.2, 0) is 20.8 Å². The van der Waals surface area contributed by atoms with Crippen molar-refractivity contribution in [2.24, 2.45) is 5.92 Å². The number of unbranched alkanes of at least 4 members (excludes halogenated alkanes) is 1. The summed E-state index contributed by atoms with van der Waals surface area (Å²) in [5.41, 5.74) is 2.41. The lowest BCUT2D eigenvalue weighted by Crippen LogP contribution is -2.49. The van der Waals surface area contributed by atoms with Gasteiger partial charge >= 0.3 is 0 Å². The van der Waals surface area contributed by atoms with E-state index in [0.717, 1.165) is 11.3 Å². The van der Waals surface area contributed by atoms with Crippen LogP contribution in [0.25, 0.3) is 0 Å². The van der Waals surface area contributed by atoms with Gasteiger partial charge in [-0.2, -0.15) is 0 Å². The van der Waals surface area contributed by atoms with E-state index in [4.69, 9.17) is 19.4 Å². The van der Waals surface area contributed by atoms with Crippen LogP contribution in [0.3, 0.4) is 0 Å². The number of hydrogen-bond acceptors (Lipinski definition) is 7. The molecule has 0 saturated heterocycles. The largest absolute Gasteiger partial charge is 0.497 e. The maximum atomic E-state index is 13.0. The number of carbonyl (C=O) groups is 3. The maximum Gasteiger partial charge on any atom is 0.244 e. The molecule has 2 rings (SSSR count). The van der Waals surface area contributed by atoms with E-state index in [1.54, 1.807) is 44.0 Å². The maximum absolute atomic E-state index is 13.0. The topological polar surface area (TPSA) is 135 Å². The third-order valence-electron chi connectivity index (χ3n) is 5.68. The second kappa shape index (κ2) is 15.3. The van der Waals surface area contributed by atoms with Gasteiger partial charge in [-0.1, -0.05) is 12.1 Å². The first-order valence-corrected chi connectivity index (χ1v) is 11.7. The van der Waals surface area contributed by atoms with Crippen LogP contribution in [0.15, 0.2) is 48.5 Å². The summed E-state index contributed by atoms with van der Waals surface area (Å²) in [4.78, 5) is 37.3. The molecule has 0 radical (unpaired) electrons. The third kappa shape index (κ3) is 9.46. The van der Waals surface area contributed by atoms with Gasteiger partial charge in [0.2, 0.25) is 17.7 Å². The highest BCUT2D eigenvalue weighted by atomic mass is 16.5. The van der Waals surface area contributed by atoms with E-state index < -0.39 is 23.8 Å². The zero-order valence-corrected chi connectivity index (χ0v) is 20.9. The van der Waals surface area contributed by atoms with E-state index in [0.29, 0.717) is 37.4 Å². The lowest BCUT2D eigenvalue weighted by molar-refractivity contribution is -0.136. The van der Waals surface area contributed by atoms with E-state index in [1.165, 1.54) is 7.05 Å². The molecule has 4 N–H and O–H groups in total. The molecule has 2 aromatic rings. The Morgan fingerprint density at radius 2 is 1.44 bits per heavy atom.